The molecule has 0 saturated carbocycles. The number of carbonyl (C=O) groups is 2. The normalized spacial score (nSPS) is 12.2. The van der Waals surface area contributed by atoms with Crippen molar-refractivity contribution in [2.24, 2.45) is 17.4 Å². The van der Waals surface area contributed by atoms with E-state index in [1.807, 2.05) is 0 Å². The van der Waals surface area contributed by atoms with Gasteiger partial charge in [0.05, 0.1) is 0 Å². The third-order valence-electron chi connectivity index (χ3n) is 5.26. The van der Waals surface area contributed by atoms with Crippen molar-refractivity contribution in [3.8, 4) is 0 Å². The minimum Gasteiger partial charge on any atom is -0.370 e. The molecule has 0 saturated heterocycles. The van der Waals surface area contributed by atoms with Gasteiger partial charge >= 0.3 is 0 Å². The van der Waals surface area contributed by atoms with E-state index in [9.17, 15) is 9.59 Å². The molecule has 154 valence electrons. The molecule has 0 bridgehead atoms. The van der Waals surface area contributed by atoms with Crippen LogP contribution >= 0.6 is 0 Å². The highest BCUT2D eigenvalue weighted by Gasteiger charge is 2.17. The SMILES string of the molecule is CCCCCCCCCCCCCCCCCCC(CC(N)=O)C(N)=O. The van der Waals surface area contributed by atoms with Crippen molar-refractivity contribution in [2.75, 3.05) is 0 Å². The van der Waals surface area contributed by atoms with E-state index in [2.05, 4.69) is 6.92 Å². The predicted molar refractivity (Wildman–Crippen MR) is 111 cm³/mol. The van der Waals surface area contributed by atoms with E-state index in [-0.39, 0.29) is 12.3 Å². The van der Waals surface area contributed by atoms with Crippen LogP contribution in [0.5, 0.6) is 0 Å². The molecule has 0 radical (unpaired) electrons. The first-order chi connectivity index (χ1) is 12.6. The summed E-state index contributed by atoms with van der Waals surface area (Å²) in [5.41, 5.74) is 10.5. The molecule has 0 aromatic heterocycles. The second kappa shape index (κ2) is 18.7. The Morgan fingerprint density at radius 3 is 1.27 bits per heavy atom. The lowest BCUT2D eigenvalue weighted by atomic mass is 9.96. The van der Waals surface area contributed by atoms with Gasteiger partial charge in [0.15, 0.2) is 0 Å². The molecule has 2 amide bonds. The second-order valence-corrected chi connectivity index (χ2v) is 7.86. The standard InChI is InChI=1S/C22H44N2O2/c1-2-3-4-5-6-7-8-9-10-11-12-13-14-15-16-17-18-20(22(24)26)19-21(23)25/h20H,2-19H2,1H3,(H2,23,25)(H2,24,26). The van der Waals surface area contributed by atoms with Gasteiger partial charge in [-0.1, -0.05) is 110 Å². The fraction of sp³-hybridized carbons (Fsp3) is 0.909. The molecule has 0 heterocycles. The summed E-state index contributed by atoms with van der Waals surface area (Å²) in [5.74, 6) is -1.21. The Morgan fingerprint density at radius 1 is 0.615 bits per heavy atom. The van der Waals surface area contributed by atoms with Crippen LogP contribution in [0.4, 0.5) is 0 Å². The number of carbonyl (C=O) groups excluding carboxylic acids is 2. The highest BCUT2D eigenvalue weighted by atomic mass is 16.2. The van der Waals surface area contributed by atoms with Gasteiger partial charge in [-0.2, -0.15) is 0 Å². The van der Waals surface area contributed by atoms with Crippen LogP contribution < -0.4 is 11.5 Å². The average Bonchev–Trinajstić information content (AvgIpc) is 2.59. The molecule has 0 aliphatic heterocycles. The summed E-state index contributed by atoms with van der Waals surface area (Å²) in [6, 6.07) is 0. The fourth-order valence-corrected chi connectivity index (χ4v) is 3.53. The predicted octanol–water partition coefficient (Wildman–Crippen LogP) is 5.61. The average molecular weight is 369 g/mol. The van der Waals surface area contributed by atoms with Crippen LogP contribution in [0.15, 0.2) is 0 Å². The van der Waals surface area contributed by atoms with Crippen molar-refractivity contribution < 1.29 is 9.59 Å². The quantitative estimate of drug-likeness (QED) is 0.273. The highest BCUT2D eigenvalue weighted by Crippen LogP contribution is 2.16. The van der Waals surface area contributed by atoms with Crippen LogP contribution in [0.2, 0.25) is 0 Å². The number of unbranched alkanes of at least 4 members (excludes halogenated alkanes) is 15. The van der Waals surface area contributed by atoms with Gasteiger partial charge in [-0.25, -0.2) is 0 Å². The number of rotatable bonds is 20. The van der Waals surface area contributed by atoms with E-state index in [4.69, 9.17) is 11.5 Å². The summed E-state index contributed by atoms with van der Waals surface area (Å²) in [5, 5.41) is 0. The van der Waals surface area contributed by atoms with Gasteiger partial charge in [-0.05, 0) is 6.42 Å². The Morgan fingerprint density at radius 2 is 0.962 bits per heavy atom. The third kappa shape index (κ3) is 17.8. The summed E-state index contributed by atoms with van der Waals surface area (Å²) in [7, 11) is 0. The maximum Gasteiger partial charge on any atom is 0.221 e. The van der Waals surface area contributed by atoms with Crippen molar-refractivity contribution >= 4 is 11.8 Å². The van der Waals surface area contributed by atoms with Gasteiger partial charge in [0.25, 0.3) is 0 Å². The third-order valence-corrected chi connectivity index (χ3v) is 5.26. The first kappa shape index (κ1) is 24.9. The summed E-state index contributed by atoms with van der Waals surface area (Å²) >= 11 is 0. The molecule has 0 aliphatic carbocycles. The number of amides is 2. The van der Waals surface area contributed by atoms with Crippen LogP contribution in [0.1, 0.15) is 122 Å². The zero-order valence-corrected chi connectivity index (χ0v) is 17.3. The lowest BCUT2D eigenvalue weighted by molar-refractivity contribution is -0.127. The second-order valence-electron chi connectivity index (χ2n) is 7.86. The van der Waals surface area contributed by atoms with E-state index in [1.54, 1.807) is 0 Å². The minimum atomic E-state index is -0.440. The van der Waals surface area contributed by atoms with Gasteiger partial charge in [0.1, 0.15) is 0 Å². The van der Waals surface area contributed by atoms with Gasteiger partial charge in [0.2, 0.25) is 11.8 Å². The zero-order valence-electron chi connectivity index (χ0n) is 17.3. The van der Waals surface area contributed by atoms with Crippen LogP contribution in [-0.2, 0) is 9.59 Å². The number of hydrogen-bond acceptors (Lipinski definition) is 2. The first-order valence-corrected chi connectivity index (χ1v) is 11.2. The van der Waals surface area contributed by atoms with Crippen LogP contribution in [0.3, 0.4) is 0 Å². The van der Waals surface area contributed by atoms with Gasteiger partial charge < -0.3 is 11.5 Å². The molecule has 0 spiro atoms. The highest BCUT2D eigenvalue weighted by molar-refractivity contribution is 5.83. The maximum absolute atomic E-state index is 11.2. The smallest absolute Gasteiger partial charge is 0.221 e. The van der Waals surface area contributed by atoms with E-state index in [0.717, 1.165) is 12.8 Å². The Hall–Kier alpha value is -1.06. The largest absolute Gasteiger partial charge is 0.370 e. The Kier molecular flexibility index (Phi) is 18.0. The van der Waals surface area contributed by atoms with Crippen molar-refractivity contribution in [3.05, 3.63) is 0 Å². The van der Waals surface area contributed by atoms with Crippen molar-refractivity contribution in [2.45, 2.75) is 122 Å². The molecule has 0 fully saturated rings. The lowest BCUT2D eigenvalue weighted by Crippen LogP contribution is -2.28. The maximum atomic E-state index is 11.2. The zero-order chi connectivity index (χ0) is 19.5. The van der Waals surface area contributed by atoms with E-state index >= 15 is 0 Å². The Bertz CT molecular complexity index is 345. The monoisotopic (exact) mass is 368 g/mol. The summed E-state index contributed by atoms with van der Waals surface area (Å²) in [6.45, 7) is 2.27. The Labute approximate surface area is 161 Å². The summed E-state index contributed by atoms with van der Waals surface area (Å²) in [4.78, 5) is 22.1. The van der Waals surface area contributed by atoms with Crippen molar-refractivity contribution in [3.63, 3.8) is 0 Å². The van der Waals surface area contributed by atoms with Gasteiger partial charge in [-0.15, -0.1) is 0 Å². The molecule has 4 N–H and O–H groups in total. The summed E-state index contributed by atoms with van der Waals surface area (Å²) in [6.07, 6.45) is 22.0. The molecule has 0 rings (SSSR count). The van der Waals surface area contributed by atoms with Gasteiger partial charge in [-0.3, -0.25) is 9.59 Å². The van der Waals surface area contributed by atoms with Crippen LogP contribution in [0, 0.1) is 5.92 Å². The molecular weight excluding hydrogens is 324 g/mol. The topological polar surface area (TPSA) is 86.2 Å². The Balaban J connectivity index is 3.26. The molecular formula is C22H44N2O2. The van der Waals surface area contributed by atoms with Crippen molar-refractivity contribution in [1.82, 2.24) is 0 Å². The van der Waals surface area contributed by atoms with E-state index in [1.165, 1.54) is 89.9 Å². The van der Waals surface area contributed by atoms with E-state index in [0.29, 0.717) is 6.42 Å². The first-order valence-electron chi connectivity index (χ1n) is 11.2. The van der Waals surface area contributed by atoms with Crippen LogP contribution in [0.25, 0.3) is 0 Å². The molecule has 0 aromatic carbocycles. The molecule has 4 heteroatoms. The number of hydrogen-bond donors (Lipinski definition) is 2. The number of primary amides is 2. The van der Waals surface area contributed by atoms with Crippen molar-refractivity contribution in [1.29, 1.82) is 0 Å². The fourth-order valence-electron chi connectivity index (χ4n) is 3.53. The minimum absolute atomic E-state index is 0.0913. The molecule has 4 nitrogen and oxygen atoms in total. The van der Waals surface area contributed by atoms with E-state index < -0.39 is 11.8 Å². The molecule has 1 unspecified atom stereocenters. The molecule has 0 aliphatic rings. The molecule has 0 aromatic rings. The summed E-state index contributed by atoms with van der Waals surface area (Å²) < 4.78 is 0. The lowest BCUT2D eigenvalue weighted by Gasteiger charge is -2.10. The van der Waals surface area contributed by atoms with Crippen LogP contribution in [-0.4, -0.2) is 11.8 Å². The molecule has 26 heavy (non-hydrogen) atoms. The number of nitrogens with two attached hydrogens (primary N) is 2. The van der Waals surface area contributed by atoms with Gasteiger partial charge in [0, 0.05) is 12.3 Å². The molecule has 1 atom stereocenters.